The second kappa shape index (κ2) is 15.9. The molecule has 0 rings (SSSR count). The Balaban J connectivity index is -0.000000244. The van der Waals surface area contributed by atoms with Crippen LogP contribution in [0.4, 0.5) is 0 Å². The molecule has 0 aromatic rings. The van der Waals surface area contributed by atoms with Gasteiger partial charge in [-0.05, 0) is 13.3 Å². The first-order valence-corrected chi connectivity index (χ1v) is 5.54. The van der Waals surface area contributed by atoms with Gasteiger partial charge < -0.3 is 15.3 Å². The van der Waals surface area contributed by atoms with Gasteiger partial charge >= 0.3 is 41.5 Å². The van der Waals surface area contributed by atoms with Gasteiger partial charge in [0.15, 0.2) is 0 Å². The Labute approximate surface area is 125 Å². The van der Waals surface area contributed by atoms with E-state index < -0.39 is 18.0 Å². The van der Waals surface area contributed by atoms with Crippen LogP contribution in [0.1, 0.15) is 52.4 Å². The van der Waals surface area contributed by atoms with E-state index in [1.807, 2.05) is 0 Å². The van der Waals surface area contributed by atoms with E-state index in [0.29, 0.717) is 6.42 Å². The van der Waals surface area contributed by atoms with E-state index in [9.17, 15) is 9.59 Å². The third-order valence-electron chi connectivity index (χ3n) is 1.85. The molecule has 0 radical (unpaired) electrons. The predicted octanol–water partition coefficient (Wildman–Crippen LogP) is 1.23. The third kappa shape index (κ3) is 25.9. The molecule has 3 N–H and O–H groups in total. The van der Waals surface area contributed by atoms with Crippen molar-refractivity contribution in [2.45, 2.75) is 58.5 Å². The summed E-state index contributed by atoms with van der Waals surface area (Å²) in [5.74, 6) is -1.86. The summed E-state index contributed by atoms with van der Waals surface area (Å²) in [5, 5.41) is 24.0. The fourth-order valence-corrected chi connectivity index (χ4v) is 0.880. The average molecular weight is 258 g/mol. The molecule has 0 fully saturated rings. The Morgan fingerprint density at radius 2 is 1.47 bits per heavy atom. The molecule has 0 amide bonds. The van der Waals surface area contributed by atoms with Crippen molar-refractivity contribution >= 4 is 41.5 Å². The van der Waals surface area contributed by atoms with Crippen LogP contribution >= 0.6 is 0 Å². The first-order valence-electron chi connectivity index (χ1n) is 5.54. The summed E-state index contributed by atoms with van der Waals surface area (Å²) in [6.45, 7) is 3.35. The van der Waals surface area contributed by atoms with Crippen LogP contribution in [0.5, 0.6) is 0 Å². The molecule has 1 atom stereocenters. The monoisotopic (exact) mass is 258 g/mol. The van der Waals surface area contributed by atoms with Crippen LogP contribution in [0.25, 0.3) is 0 Å². The number of aliphatic hydroxyl groups excluding tert-OH is 1. The van der Waals surface area contributed by atoms with E-state index >= 15 is 0 Å². The number of aliphatic hydroxyl groups is 1. The van der Waals surface area contributed by atoms with Gasteiger partial charge in [0, 0.05) is 6.42 Å². The first-order chi connectivity index (χ1) is 7.41. The Bertz CT molecular complexity index is 194. The molecule has 0 bridgehead atoms. The van der Waals surface area contributed by atoms with Crippen LogP contribution in [0.3, 0.4) is 0 Å². The molecule has 17 heavy (non-hydrogen) atoms. The molecule has 0 aromatic carbocycles. The Hall–Kier alpha value is -0.100. The quantitative estimate of drug-likeness (QED) is 0.471. The average Bonchev–Trinajstić information content (AvgIpc) is 2.18. The molecular formula is C11H23NaO5. The molecule has 0 heterocycles. The van der Waals surface area contributed by atoms with Crippen molar-refractivity contribution in [3.63, 3.8) is 0 Å². The fraction of sp³-hybridized carbons (Fsp3) is 0.818. The number of unbranched alkanes of at least 4 members (excludes halogenated alkanes) is 4. The second-order valence-corrected chi connectivity index (χ2v) is 3.57. The maximum absolute atomic E-state index is 10.0. The molecule has 0 saturated heterocycles. The Kier molecular flexibility index (Phi) is 20.7. The van der Waals surface area contributed by atoms with Gasteiger partial charge in [0.2, 0.25) is 0 Å². The SMILES string of the molecule is CC(O)C(=O)O.CCCCCCCC(=O)O.[NaH]. The molecule has 0 spiro atoms. The number of hydrogen-bond donors (Lipinski definition) is 3. The van der Waals surface area contributed by atoms with Crippen molar-refractivity contribution in [2.75, 3.05) is 0 Å². The molecule has 5 nitrogen and oxygen atoms in total. The van der Waals surface area contributed by atoms with Crippen LogP contribution in [-0.2, 0) is 9.59 Å². The number of rotatable bonds is 7. The Morgan fingerprint density at radius 3 is 1.76 bits per heavy atom. The number of carbonyl (C=O) groups is 2. The molecule has 0 aliphatic heterocycles. The second-order valence-electron chi connectivity index (χ2n) is 3.57. The molecule has 0 saturated carbocycles. The van der Waals surface area contributed by atoms with Gasteiger partial charge in [-0.15, -0.1) is 0 Å². The summed E-state index contributed by atoms with van der Waals surface area (Å²) >= 11 is 0. The van der Waals surface area contributed by atoms with Crippen molar-refractivity contribution in [2.24, 2.45) is 0 Å². The summed E-state index contributed by atoms with van der Waals surface area (Å²) in [6.07, 6.45) is 4.65. The molecular weight excluding hydrogens is 235 g/mol. The summed E-state index contributed by atoms with van der Waals surface area (Å²) in [6, 6.07) is 0. The Morgan fingerprint density at radius 1 is 1.06 bits per heavy atom. The summed E-state index contributed by atoms with van der Waals surface area (Å²) in [5.41, 5.74) is 0. The summed E-state index contributed by atoms with van der Waals surface area (Å²) < 4.78 is 0. The zero-order valence-electron chi connectivity index (χ0n) is 9.98. The van der Waals surface area contributed by atoms with Gasteiger partial charge in [-0.1, -0.05) is 32.6 Å². The summed E-state index contributed by atoms with van der Waals surface area (Å²) in [7, 11) is 0. The van der Waals surface area contributed by atoms with E-state index in [0.717, 1.165) is 12.8 Å². The third-order valence-corrected chi connectivity index (χ3v) is 1.85. The first kappa shape index (κ1) is 22.1. The number of carboxylic acids is 2. The van der Waals surface area contributed by atoms with E-state index in [2.05, 4.69) is 6.92 Å². The number of hydrogen-bond acceptors (Lipinski definition) is 3. The molecule has 98 valence electrons. The van der Waals surface area contributed by atoms with Crippen molar-refractivity contribution in [1.82, 2.24) is 0 Å². The minimum absolute atomic E-state index is 0. The van der Waals surface area contributed by atoms with Crippen LogP contribution in [0.15, 0.2) is 0 Å². The van der Waals surface area contributed by atoms with Crippen LogP contribution in [-0.4, -0.2) is 62.9 Å². The van der Waals surface area contributed by atoms with Crippen molar-refractivity contribution in [3.8, 4) is 0 Å². The van der Waals surface area contributed by atoms with E-state index in [4.69, 9.17) is 15.3 Å². The topological polar surface area (TPSA) is 94.8 Å². The van der Waals surface area contributed by atoms with Crippen molar-refractivity contribution < 1.29 is 24.9 Å². The van der Waals surface area contributed by atoms with Gasteiger partial charge in [0.05, 0.1) is 0 Å². The number of aliphatic carboxylic acids is 2. The standard InChI is InChI=1S/C8H16O2.C3H6O3.Na.H/c1-2-3-4-5-6-7-8(9)10;1-2(4)3(5)6;;/h2-7H2,1H3,(H,9,10);2,4H,1H3,(H,5,6);;. The van der Waals surface area contributed by atoms with E-state index in [1.165, 1.54) is 26.2 Å². The van der Waals surface area contributed by atoms with Gasteiger partial charge in [-0.3, -0.25) is 4.79 Å². The van der Waals surface area contributed by atoms with Gasteiger partial charge in [0.1, 0.15) is 6.10 Å². The molecule has 0 aliphatic carbocycles. The fourth-order valence-electron chi connectivity index (χ4n) is 0.880. The van der Waals surface area contributed by atoms with Gasteiger partial charge in [0.25, 0.3) is 0 Å². The predicted molar refractivity (Wildman–Crippen MR) is 67.5 cm³/mol. The molecule has 1 unspecified atom stereocenters. The molecule has 0 aromatic heterocycles. The normalized spacial score (nSPS) is 10.5. The number of carboxylic acid groups (broad SMARTS) is 2. The minimum atomic E-state index is -1.23. The van der Waals surface area contributed by atoms with E-state index in [1.54, 1.807) is 0 Å². The maximum atomic E-state index is 10.0. The van der Waals surface area contributed by atoms with Gasteiger partial charge in [-0.25, -0.2) is 4.79 Å². The van der Waals surface area contributed by atoms with E-state index in [-0.39, 0.29) is 29.6 Å². The van der Waals surface area contributed by atoms with Gasteiger partial charge in [-0.2, -0.15) is 0 Å². The van der Waals surface area contributed by atoms with Crippen LogP contribution in [0, 0.1) is 0 Å². The zero-order valence-corrected chi connectivity index (χ0v) is 9.98. The zero-order chi connectivity index (χ0) is 13.0. The van der Waals surface area contributed by atoms with Crippen LogP contribution in [0.2, 0.25) is 0 Å². The molecule has 0 aliphatic rings. The van der Waals surface area contributed by atoms with Crippen molar-refractivity contribution in [3.05, 3.63) is 0 Å². The molecule has 6 heteroatoms. The van der Waals surface area contributed by atoms with Crippen molar-refractivity contribution in [1.29, 1.82) is 0 Å². The van der Waals surface area contributed by atoms with Crippen LogP contribution < -0.4 is 0 Å². The summed E-state index contributed by atoms with van der Waals surface area (Å²) in [4.78, 5) is 19.5.